The van der Waals surface area contributed by atoms with Crippen LogP contribution in [0.2, 0.25) is 0 Å². The van der Waals surface area contributed by atoms with Gasteiger partial charge in [0.15, 0.2) is 0 Å². The molecule has 0 radical (unpaired) electrons. The van der Waals surface area contributed by atoms with Gasteiger partial charge in [-0.15, -0.1) is 0 Å². The molecule has 1 fully saturated rings. The standard InChI is InChI=1S/C43H82N2/c1-5-6-7-8-9-10-11-12-13-14-15-16-19-22-25-28-34-43(45(4)40-31-30-33-42-36-38-44-39-37-42)35-29-26-23-20-17-18-21-24-27-32-41(2)3/h9-10,12-13,24,27,41-44H,5-8,11,14-23,25-26,28-40H2,1-4H3/b10-9-,13-12-,27-24-. The zero-order valence-corrected chi connectivity index (χ0v) is 31.4. The quantitative estimate of drug-likeness (QED) is 0.0590. The van der Waals surface area contributed by atoms with Crippen molar-refractivity contribution in [3.63, 3.8) is 0 Å². The van der Waals surface area contributed by atoms with Gasteiger partial charge in [0.05, 0.1) is 0 Å². The molecule has 0 aromatic heterocycles. The minimum Gasteiger partial charge on any atom is -0.317 e. The first-order chi connectivity index (χ1) is 22.1. The van der Waals surface area contributed by atoms with E-state index in [4.69, 9.17) is 0 Å². The summed E-state index contributed by atoms with van der Waals surface area (Å²) in [5.74, 6) is 1.78. The molecule has 0 saturated carbocycles. The van der Waals surface area contributed by atoms with Crippen molar-refractivity contribution in [2.24, 2.45) is 11.8 Å². The van der Waals surface area contributed by atoms with Crippen LogP contribution in [0.5, 0.6) is 0 Å². The molecular formula is C43H82N2. The summed E-state index contributed by atoms with van der Waals surface area (Å²) in [5.41, 5.74) is 0. The Kier molecular flexibility index (Phi) is 31.0. The van der Waals surface area contributed by atoms with Crippen molar-refractivity contribution in [1.29, 1.82) is 0 Å². The Balaban J connectivity index is 2.18. The van der Waals surface area contributed by atoms with Crippen LogP contribution in [0.25, 0.3) is 0 Å². The molecule has 1 unspecified atom stereocenters. The van der Waals surface area contributed by atoms with Gasteiger partial charge in [0, 0.05) is 6.04 Å². The highest BCUT2D eigenvalue weighted by atomic mass is 15.1. The number of rotatable bonds is 32. The van der Waals surface area contributed by atoms with E-state index in [-0.39, 0.29) is 0 Å². The topological polar surface area (TPSA) is 15.3 Å². The summed E-state index contributed by atoms with van der Waals surface area (Å²) in [6.07, 6.45) is 51.5. The van der Waals surface area contributed by atoms with Gasteiger partial charge in [-0.3, -0.25) is 0 Å². The maximum atomic E-state index is 3.53. The van der Waals surface area contributed by atoms with Gasteiger partial charge < -0.3 is 10.2 Å². The van der Waals surface area contributed by atoms with E-state index in [1.807, 2.05) is 0 Å². The summed E-state index contributed by atoms with van der Waals surface area (Å²) in [7, 11) is 2.44. The van der Waals surface area contributed by atoms with E-state index in [1.165, 1.54) is 187 Å². The molecule has 0 aromatic rings. The van der Waals surface area contributed by atoms with Crippen LogP contribution in [0, 0.1) is 11.8 Å². The van der Waals surface area contributed by atoms with Crippen molar-refractivity contribution in [1.82, 2.24) is 10.2 Å². The summed E-state index contributed by atoms with van der Waals surface area (Å²) in [6.45, 7) is 10.7. The van der Waals surface area contributed by atoms with Crippen molar-refractivity contribution < 1.29 is 0 Å². The lowest BCUT2D eigenvalue weighted by atomic mass is 9.92. The summed E-state index contributed by atoms with van der Waals surface area (Å²) < 4.78 is 0. The summed E-state index contributed by atoms with van der Waals surface area (Å²) in [5, 5.41) is 3.53. The smallest absolute Gasteiger partial charge is 0.00922 e. The first-order valence-corrected chi connectivity index (χ1v) is 20.5. The molecule has 1 aliphatic rings. The first kappa shape index (κ1) is 42.2. The second-order valence-corrected chi connectivity index (χ2v) is 15.0. The Bertz CT molecular complexity index is 671. The lowest BCUT2D eigenvalue weighted by Gasteiger charge is -2.29. The van der Waals surface area contributed by atoms with Crippen LogP contribution in [0.15, 0.2) is 36.5 Å². The predicted octanol–water partition coefficient (Wildman–Crippen LogP) is 13.4. The average Bonchev–Trinajstić information content (AvgIpc) is 3.04. The second kappa shape index (κ2) is 33.1. The monoisotopic (exact) mass is 627 g/mol. The van der Waals surface area contributed by atoms with Crippen LogP contribution in [0.4, 0.5) is 0 Å². The van der Waals surface area contributed by atoms with Crippen molar-refractivity contribution in [3.8, 4) is 0 Å². The van der Waals surface area contributed by atoms with E-state index in [9.17, 15) is 0 Å². The van der Waals surface area contributed by atoms with Crippen LogP contribution < -0.4 is 5.32 Å². The van der Waals surface area contributed by atoms with Gasteiger partial charge in [0.1, 0.15) is 0 Å². The van der Waals surface area contributed by atoms with E-state index in [2.05, 4.69) is 74.5 Å². The van der Waals surface area contributed by atoms with Crippen molar-refractivity contribution >= 4 is 0 Å². The van der Waals surface area contributed by atoms with Gasteiger partial charge in [-0.1, -0.05) is 147 Å². The van der Waals surface area contributed by atoms with Crippen LogP contribution in [-0.2, 0) is 0 Å². The molecule has 0 aromatic carbocycles. The zero-order valence-electron chi connectivity index (χ0n) is 31.4. The fourth-order valence-corrected chi connectivity index (χ4v) is 6.94. The molecule has 2 heteroatoms. The van der Waals surface area contributed by atoms with E-state index in [0.717, 1.165) is 24.3 Å². The van der Waals surface area contributed by atoms with Gasteiger partial charge in [-0.2, -0.15) is 0 Å². The zero-order chi connectivity index (χ0) is 32.5. The summed E-state index contributed by atoms with van der Waals surface area (Å²) in [4.78, 5) is 2.76. The lowest BCUT2D eigenvalue weighted by molar-refractivity contribution is 0.203. The molecule has 0 amide bonds. The number of hydrogen-bond donors (Lipinski definition) is 1. The molecule has 264 valence electrons. The van der Waals surface area contributed by atoms with Gasteiger partial charge >= 0.3 is 0 Å². The first-order valence-electron chi connectivity index (χ1n) is 20.5. The van der Waals surface area contributed by atoms with Gasteiger partial charge in [0.25, 0.3) is 0 Å². The van der Waals surface area contributed by atoms with Crippen molar-refractivity contribution in [3.05, 3.63) is 36.5 Å². The third kappa shape index (κ3) is 29.0. The van der Waals surface area contributed by atoms with E-state index >= 15 is 0 Å². The number of piperidine rings is 1. The molecule has 1 rings (SSSR count). The molecule has 1 atom stereocenters. The molecular weight excluding hydrogens is 544 g/mol. The molecule has 0 aliphatic carbocycles. The van der Waals surface area contributed by atoms with E-state index in [0.29, 0.717) is 0 Å². The Morgan fingerprint density at radius 3 is 1.67 bits per heavy atom. The van der Waals surface area contributed by atoms with E-state index < -0.39 is 0 Å². The average molecular weight is 627 g/mol. The van der Waals surface area contributed by atoms with Gasteiger partial charge in [-0.05, 0) is 122 Å². The molecule has 0 spiro atoms. The fourth-order valence-electron chi connectivity index (χ4n) is 6.94. The van der Waals surface area contributed by atoms with Gasteiger partial charge in [-0.25, -0.2) is 0 Å². The number of hydrogen-bond acceptors (Lipinski definition) is 2. The van der Waals surface area contributed by atoms with Crippen molar-refractivity contribution in [2.75, 3.05) is 26.7 Å². The molecule has 1 heterocycles. The largest absolute Gasteiger partial charge is 0.317 e. The number of nitrogens with one attached hydrogen (secondary N) is 1. The highest BCUT2D eigenvalue weighted by Crippen LogP contribution is 2.21. The number of allylic oxidation sites excluding steroid dienone is 6. The SMILES string of the molecule is CCCCC/C=C\C/C=C\CCCCCCCCC(CCCCCCCC/C=C\CC(C)C)N(C)CCCCC1CCNCC1. The van der Waals surface area contributed by atoms with Crippen LogP contribution in [-0.4, -0.2) is 37.6 Å². The Morgan fingerprint density at radius 2 is 1.11 bits per heavy atom. The minimum absolute atomic E-state index is 0.795. The third-order valence-corrected chi connectivity index (χ3v) is 10.1. The van der Waals surface area contributed by atoms with Gasteiger partial charge in [0.2, 0.25) is 0 Å². The minimum atomic E-state index is 0.795. The third-order valence-electron chi connectivity index (χ3n) is 10.1. The normalized spacial score (nSPS) is 15.6. The molecule has 1 saturated heterocycles. The van der Waals surface area contributed by atoms with Crippen LogP contribution >= 0.6 is 0 Å². The summed E-state index contributed by atoms with van der Waals surface area (Å²) >= 11 is 0. The van der Waals surface area contributed by atoms with Crippen molar-refractivity contribution in [2.45, 2.75) is 200 Å². The number of unbranched alkanes of at least 4 members (excludes halogenated alkanes) is 16. The molecule has 1 aliphatic heterocycles. The number of nitrogens with zero attached hydrogens (tertiary/aromatic N) is 1. The van der Waals surface area contributed by atoms with Crippen LogP contribution in [0.1, 0.15) is 194 Å². The predicted molar refractivity (Wildman–Crippen MR) is 205 cm³/mol. The Morgan fingerprint density at radius 1 is 0.600 bits per heavy atom. The second-order valence-electron chi connectivity index (χ2n) is 15.0. The molecule has 45 heavy (non-hydrogen) atoms. The highest BCUT2D eigenvalue weighted by molar-refractivity contribution is 4.92. The molecule has 2 nitrogen and oxygen atoms in total. The Hall–Kier alpha value is -0.860. The molecule has 1 N–H and O–H groups in total. The maximum absolute atomic E-state index is 3.53. The lowest BCUT2D eigenvalue weighted by Crippen LogP contribution is -2.33. The van der Waals surface area contributed by atoms with E-state index in [1.54, 1.807) is 0 Å². The molecule has 0 bridgehead atoms. The summed E-state index contributed by atoms with van der Waals surface area (Å²) in [6, 6.07) is 0.806. The Labute approximate surface area is 284 Å². The maximum Gasteiger partial charge on any atom is 0.00922 e. The van der Waals surface area contributed by atoms with Crippen LogP contribution in [0.3, 0.4) is 0 Å². The fraction of sp³-hybridized carbons (Fsp3) is 0.860. The highest BCUT2D eigenvalue weighted by Gasteiger charge is 2.16.